The second-order valence-corrected chi connectivity index (χ2v) is 5.63. The van der Waals surface area contributed by atoms with E-state index in [9.17, 15) is 4.79 Å². The Hall–Kier alpha value is -1.07. The number of rotatable bonds is 5. The van der Waals surface area contributed by atoms with Gasteiger partial charge >= 0.3 is 0 Å². The summed E-state index contributed by atoms with van der Waals surface area (Å²) in [6, 6.07) is 4.07. The van der Waals surface area contributed by atoms with Gasteiger partial charge in [0.05, 0.1) is 6.61 Å². The van der Waals surface area contributed by atoms with Gasteiger partial charge in [-0.1, -0.05) is 22.9 Å². The molecular weight excluding hydrogens is 308 g/mol. The number of fused-ring (bicyclic) bond motifs is 1. The van der Waals surface area contributed by atoms with Crippen LogP contribution in [0, 0.1) is 5.92 Å². The second kappa shape index (κ2) is 6.39. The fraction of sp³-hybridized carbons (Fsp3) is 0.500. The third kappa shape index (κ3) is 3.28. The molecular formula is C14H19BrN2O2. The molecule has 1 aromatic carbocycles. The van der Waals surface area contributed by atoms with E-state index in [-0.39, 0.29) is 11.8 Å². The van der Waals surface area contributed by atoms with E-state index in [4.69, 9.17) is 10.5 Å². The van der Waals surface area contributed by atoms with Crippen molar-refractivity contribution in [3.63, 3.8) is 0 Å². The molecule has 1 aliphatic heterocycles. The fourth-order valence-electron chi connectivity index (χ4n) is 2.26. The van der Waals surface area contributed by atoms with Crippen molar-refractivity contribution in [3.05, 3.63) is 27.7 Å². The summed E-state index contributed by atoms with van der Waals surface area (Å²) in [5.74, 6) is 0.821. The van der Waals surface area contributed by atoms with Crippen LogP contribution in [-0.2, 0) is 17.8 Å². The number of hydrogen-bond donors (Lipinski definition) is 2. The zero-order valence-corrected chi connectivity index (χ0v) is 12.6. The zero-order chi connectivity index (χ0) is 13.8. The predicted molar refractivity (Wildman–Crippen MR) is 78.0 cm³/mol. The maximum Gasteiger partial charge on any atom is 0.224 e. The van der Waals surface area contributed by atoms with Crippen molar-refractivity contribution in [3.8, 4) is 5.75 Å². The SMILES string of the molecule is CCC(CN)C(=O)NCc1cc(Br)cc2c1OCC2. The smallest absolute Gasteiger partial charge is 0.224 e. The normalized spacial score (nSPS) is 14.7. The predicted octanol–water partition coefficient (Wildman–Crippen LogP) is 1.99. The van der Waals surface area contributed by atoms with Crippen molar-refractivity contribution < 1.29 is 9.53 Å². The fourth-order valence-corrected chi connectivity index (χ4v) is 2.82. The molecule has 3 N–H and O–H groups in total. The molecule has 4 nitrogen and oxygen atoms in total. The van der Waals surface area contributed by atoms with Crippen molar-refractivity contribution in [1.82, 2.24) is 5.32 Å². The van der Waals surface area contributed by atoms with Crippen LogP contribution >= 0.6 is 15.9 Å². The van der Waals surface area contributed by atoms with Gasteiger partial charge < -0.3 is 15.8 Å². The number of nitrogens with two attached hydrogens (primary N) is 1. The molecule has 1 heterocycles. The third-order valence-corrected chi connectivity index (χ3v) is 3.88. The van der Waals surface area contributed by atoms with Gasteiger partial charge in [0.15, 0.2) is 0 Å². The number of ether oxygens (including phenoxy) is 1. The summed E-state index contributed by atoms with van der Waals surface area (Å²) in [5, 5.41) is 2.94. The van der Waals surface area contributed by atoms with Crippen LogP contribution in [0.2, 0.25) is 0 Å². The Labute approximate surface area is 121 Å². The first kappa shape index (κ1) is 14.3. The average Bonchev–Trinajstić information content (AvgIpc) is 2.85. The quantitative estimate of drug-likeness (QED) is 0.869. The highest BCUT2D eigenvalue weighted by Crippen LogP contribution is 2.32. The molecule has 5 heteroatoms. The number of amides is 1. The molecule has 0 spiro atoms. The molecule has 0 bridgehead atoms. The summed E-state index contributed by atoms with van der Waals surface area (Å²) in [7, 11) is 0. The molecule has 1 aliphatic rings. The van der Waals surface area contributed by atoms with Gasteiger partial charge in [-0.2, -0.15) is 0 Å². The Morgan fingerprint density at radius 1 is 1.58 bits per heavy atom. The van der Waals surface area contributed by atoms with E-state index in [0.29, 0.717) is 19.7 Å². The summed E-state index contributed by atoms with van der Waals surface area (Å²) >= 11 is 3.49. The van der Waals surface area contributed by atoms with Crippen molar-refractivity contribution in [2.24, 2.45) is 11.7 Å². The van der Waals surface area contributed by atoms with E-state index in [1.54, 1.807) is 0 Å². The van der Waals surface area contributed by atoms with Crippen LogP contribution in [0.4, 0.5) is 0 Å². The standard InChI is InChI=1S/C14H19BrN2O2/c1-2-9(7-16)14(18)17-8-11-6-12(15)5-10-3-4-19-13(10)11/h5-6,9H,2-4,7-8,16H2,1H3,(H,17,18). The van der Waals surface area contributed by atoms with Crippen LogP contribution in [0.3, 0.4) is 0 Å². The van der Waals surface area contributed by atoms with E-state index in [1.165, 1.54) is 5.56 Å². The zero-order valence-electron chi connectivity index (χ0n) is 11.0. The van der Waals surface area contributed by atoms with Gasteiger partial charge in [0.1, 0.15) is 5.75 Å². The number of hydrogen-bond acceptors (Lipinski definition) is 3. The Kier molecular flexibility index (Phi) is 4.82. The minimum absolute atomic E-state index is 0.0109. The van der Waals surface area contributed by atoms with E-state index in [0.717, 1.165) is 28.6 Å². The van der Waals surface area contributed by atoms with Crippen LogP contribution < -0.4 is 15.8 Å². The monoisotopic (exact) mass is 326 g/mol. The van der Waals surface area contributed by atoms with Crippen molar-refractivity contribution >= 4 is 21.8 Å². The minimum atomic E-state index is -0.110. The lowest BCUT2D eigenvalue weighted by atomic mass is 10.1. The molecule has 0 radical (unpaired) electrons. The Morgan fingerprint density at radius 2 is 2.37 bits per heavy atom. The van der Waals surface area contributed by atoms with E-state index < -0.39 is 0 Å². The van der Waals surface area contributed by atoms with E-state index in [1.807, 2.05) is 13.0 Å². The first-order valence-corrected chi connectivity index (χ1v) is 7.36. The molecule has 1 atom stereocenters. The molecule has 1 aromatic rings. The Morgan fingerprint density at radius 3 is 3.05 bits per heavy atom. The van der Waals surface area contributed by atoms with Gasteiger partial charge in [-0.3, -0.25) is 4.79 Å². The summed E-state index contributed by atoms with van der Waals surface area (Å²) < 4.78 is 6.65. The first-order valence-electron chi connectivity index (χ1n) is 6.57. The summed E-state index contributed by atoms with van der Waals surface area (Å²) in [4.78, 5) is 11.9. The highest BCUT2D eigenvalue weighted by molar-refractivity contribution is 9.10. The number of benzene rings is 1. The second-order valence-electron chi connectivity index (χ2n) is 4.71. The van der Waals surface area contributed by atoms with Crippen molar-refractivity contribution in [2.45, 2.75) is 26.3 Å². The molecule has 0 aromatic heterocycles. The molecule has 19 heavy (non-hydrogen) atoms. The molecule has 104 valence electrons. The lowest BCUT2D eigenvalue weighted by molar-refractivity contribution is -0.124. The number of carbonyl (C=O) groups is 1. The van der Waals surface area contributed by atoms with Crippen LogP contribution in [0.15, 0.2) is 16.6 Å². The maximum atomic E-state index is 11.9. The molecule has 0 aliphatic carbocycles. The highest BCUT2D eigenvalue weighted by atomic mass is 79.9. The number of nitrogens with one attached hydrogen (secondary N) is 1. The lowest BCUT2D eigenvalue weighted by Crippen LogP contribution is -2.34. The molecule has 1 unspecified atom stereocenters. The van der Waals surface area contributed by atoms with Gasteiger partial charge in [0.25, 0.3) is 0 Å². The lowest BCUT2D eigenvalue weighted by Gasteiger charge is -2.14. The van der Waals surface area contributed by atoms with Gasteiger partial charge in [-0.15, -0.1) is 0 Å². The molecule has 0 saturated carbocycles. The van der Waals surface area contributed by atoms with Gasteiger partial charge in [-0.25, -0.2) is 0 Å². The molecule has 1 amide bonds. The van der Waals surface area contributed by atoms with Crippen molar-refractivity contribution in [2.75, 3.05) is 13.2 Å². The van der Waals surface area contributed by atoms with Crippen LogP contribution in [0.5, 0.6) is 5.75 Å². The molecule has 2 rings (SSSR count). The summed E-state index contributed by atoms with van der Waals surface area (Å²) in [5.41, 5.74) is 7.79. The van der Waals surface area contributed by atoms with Gasteiger partial charge in [0, 0.05) is 35.5 Å². The van der Waals surface area contributed by atoms with Crippen LogP contribution in [-0.4, -0.2) is 19.1 Å². The van der Waals surface area contributed by atoms with E-state index >= 15 is 0 Å². The van der Waals surface area contributed by atoms with Crippen LogP contribution in [0.1, 0.15) is 24.5 Å². The highest BCUT2D eigenvalue weighted by Gasteiger charge is 2.19. The third-order valence-electron chi connectivity index (χ3n) is 3.43. The number of carbonyl (C=O) groups excluding carboxylic acids is 1. The van der Waals surface area contributed by atoms with Crippen LogP contribution in [0.25, 0.3) is 0 Å². The molecule has 0 saturated heterocycles. The Bertz CT molecular complexity index is 473. The van der Waals surface area contributed by atoms with Crippen molar-refractivity contribution in [1.29, 1.82) is 0 Å². The van der Waals surface area contributed by atoms with Gasteiger partial charge in [0.2, 0.25) is 5.91 Å². The van der Waals surface area contributed by atoms with E-state index in [2.05, 4.69) is 27.3 Å². The summed E-state index contributed by atoms with van der Waals surface area (Å²) in [6.07, 6.45) is 1.69. The number of halogens is 1. The topological polar surface area (TPSA) is 64.4 Å². The first-order chi connectivity index (χ1) is 9.15. The van der Waals surface area contributed by atoms with Gasteiger partial charge in [-0.05, 0) is 24.1 Å². The molecule has 0 fully saturated rings. The maximum absolute atomic E-state index is 11.9. The minimum Gasteiger partial charge on any atom is -0.493 e. The summed E-state index contributed by atoms with van der Waals surface area (Å²) in [6.45, 7) is 3.55. The Balaban J connectivity index is 2.06. The average molecular weight is 327 g/mol. The largest absolute Gasteiger partial charge is 0.493 e.